The summed E-state index contributed by atoms with van der Waals surface area (Å²) in [6, 6.07) is 16.1. The maximum absolute atomic E-state index is 12.5. The largest absolute Gasteiger partial charge is 0.308 e. The van der Waals surface area contributed by atoms with Crippen LogP contribution in [0.3, 0.4) is 0 Å². The molecule has 3 N–H and O–H groups in total. The average molecular weight is 441 g/mol. The number of nitrogens with zero attached hydrogens (tertiary/aromatic N) is 3. The molecule has 0 fully saturated rings. The van der Waals surface area contributed by atoms with E-state index in [0.29, 0.717) is 22.9 Å². The van der Waals surface area contributed by atoms with Crippen LogP contribution in [0.5, 0.6) is 0 Å². The number of hydrogen-bond acceptors (Lipinski definition) is 5. The second-order valence-electron chi connectivity index (χ2n) is 6.13. The molecule has 152 valence electrons. The fraction of sp³-hybridized carbons (Fsp3) is 0.0500. The molecule has 10 heteroatoms. The summed E-state index contributed by atoms with van der Waals surface area (Å²) in [5.74, 6) is -0.0868. The summed E-state index contributed by atoms with van der Waals surface area (Å²) >= 11 is 5.81. The van der Waals surface area contributed by atoms with Crippen molar-refractivity contribution in [3.05, 3.63) is 83.6 Å². The Labute approximate surface area is 179 Å². The lowest BCUT2D eigenvalue weighted by atomic mass is 10.2. The van der Waals surface area contributed by atoms with Crippen LogP contribution >= 0.6 is 11.6 Å². The van der Waals surface area contributed by atoms with Gasteiger partial charge in [0, 0.05) is 28.8 Å². The summed E-state index contributed by atoms with van der Waals surface area (Å²) in [5.41, 5.74) is 1.89. The van der Waals surface area contributed by atoms with E-state index in [4.69, 9.17) is 22.3 Å². The van der Waals surface area contributed by atoms with Crippen molar-refractivity contribution in [2.24, 2.45) is 0 Å². The van der Waals surface area contributed by atoms with Gasteiger partial charge in [0.1, 0.15) is 0 Å². The Morgan fingerprint density at radius 2 is 1.70 bits per heavy atom. The third-order valence-corrected chi connectivity index (χ3v) is 5.74. The zero-order valence-electron chi connectivity index (χ0n) is 15.6. The van der Waals surface area contributed by atoms with Crippen LogP contribution in [0, 0.1) is 16.9 Å². The second-order valence-corrected chi connectivity index (χ2v) is 8.25. The Balaban J connectivity index is 1.76. The van der Waals surface area contributed by atoms with Gasteiger partial charge in [-0.3, -0.25) is 20.4 Å². The Morgan fingerprint density at radius 1 is 1.07 bits per heavy atom. The minimum absolute atomic E-state index is 0.0868. The first-order chi connectivity index (χ1) is 14.4. The number of hydrogen-bond donors (Lipinski definition) is 3. The highest BCUT2D eigenvalue weighted by Gasteiger charge is 2.15. The predicted octanol–water partition coefficient (Wildman–Crippen LogP) is 3.55. The number of halogens is 1. The van der Waals surface area contributed by atoms with Gasteiger partial charge < -0.3 is 4.90 Å². The van der Waals surface area contributed by atoms with Crippen molar-refractivity contribution in [1.29, 1.82) is 10.7 Å². The predicted molar refractivity (Wildman–Crippen MR) is 116 cm³/mol. The van der Waals surface area contributed by atoms with Crippen LogP contribution in [-0.2, 0) is 16.6 Å². The molecule has 1 heterocycles. The van der Waals surface area contributed by atoms with Crippen LogP contribution in [0.15, 0.2) is 78.0 Å². The number of benzene rings is 2. The molecule has 0 amide bonds. The number of nitrogens with one attached hydrogen (secondary N) is 3. The van der Waals surface area contributed by atoms with E-state index in [1.807, 2.05) is 0 Å². The van der Waals surface area contributed by atoms with Crippen LogP contribution < -0.4 is 14.9 Å². The van der Waals surface area contributed by atoms with Gasteiger partial charge in [0.05, 0.1) is 11.4 Å². The van der Waals surface area contributed by atoms with E-state index in [9.17, 15) is 8.42 Å². The molecule has 0 radical (unpaired) electrons. The summed E-state index contributed by atoms with van der Waals surface area (Å²) < 4.78 is 27.5. The first-order valence-electron chi connectivity index (χ1n) is 8.67. The van der Waals surface area contributed by atoms with Gasteiger partial charge in [-0.15, -0.1) is 0 Å². The lowest BCUT2D eigenvalue weighted by Crippen LogP contribution is -2.38. The second kappa shape index (κ2) is 9.26. The highest BCUT2D eigenvalue weighted by atomic mass is 35.5. The molecule has 0 aliphatic heterocycles. The summed E-state index contributed by atoms with van der Waals surface area (Å²) in [5, 5.41) is 19.7. The maximum atomic E-state index is 12.5. The topological polar surface area (TPSA) is 122 Å². The van der Waals surface area contributed by atoms with Crippen molar-refractivity contribution in [2.75, 3.05) is 9.62 Å². The minimum atomic E-state index is -3.74. The molecule has 0 spiro atoms. The summed E-state index contributed by atoms with van der Waals surface area (Å²) in [6.07, 6.45) is 4.93. The van der Waals surface area contributed by atoms with Gasteiger partial charge in [0.15, 0.2) is 6.19 Å². The molecule has 1 aromatic heterocycles. The number of rotatable bonds is 6. The van der Waals surface area contributed by atoms with Crippen LogP contribution in [0.25, 0.3) is 0 Å². The highest BCUT2D eigenvalue weighted by Crippen LogP contribution is 2.20. The SMILES string of the molecule is N#CNC(=N)N(Cc1ccc(NS(=O)(=O)c2ccc(Cl)cc2)cc1)c1ccncc1. The molecule has 0 saturated heterocycles. The van der Waals surface area contributed by atoms with Gasteiger partial charge in [-0.2, -0.15) is 5.26 Å². The van der Waals surface area contributed by atoms with Crippen molar-refractivity contribution in [3.63, 3.8) is 0 Å². The van der Waals surface area contributed by atoms with Crippen LogP contribution in [-0.4, -0.2) is 19.4 Å². The molecule has 0 saturated carbocycles. The molecule has 0 unspecified atom stereocenters. The van der Waals surface area contributed by atoms with Gasteiger partial charge in [-0.25, -0.2) is 8.42 Å². The van der Waals surface area contributed by atoms with E-state index in [0.717, 1.165) is 5.56 Å². The zero-order valence-corrected chi connectivity index (χ0v) is 17.2. The van der Waals surface area contributed by atoms with Gasteiger partial charge in [-0.1, -0.05) is 23.7 Å². The lowest BCUT2D eigenvalue weighted by Gasteiger charge is -2.24. The van der Waals surface area contributed by atoms with E-state index in [-0.39, 0.29) is 10.9 Å². The normalized spacial score (nSPS) is 10.7. The third kappa shape index (κ3) is 5.26. The molecule has 8 nitrogen and oxygen atoms in total. The Morgan fingerprint density at radius 3 is 2.30 bits per heavy atom. The van der Waals surface area contributed by atoms with Crippen molar-refractivity contribution < 1.29 is 8.42 Å². The lowest BCUT2D eigenvalue weighted by molar-refractivity contribution is 0.601. The molecule has 0 aliphatic rings. The van der Waals surface area contributed by atoms with Gasteiger partial charge in [-0.05, 0) is 54.1 Å². The standard InChI is InChI=1S/C20H17ClN6O2S/c21-16-3-7-19(8-4-16)30(28,29)26-17-5-1-15(2-6-17)13-27(20(23)25-14-22)18-9-11-24-12-10-18/h1-12,26H,13H2,(H2,23,25). The first kappa shape index (κ1) is 21.1. The molecule has 0 bridgehead atoms. The summed E-state index contributed by atoms with van der Waals surface area (Å²) in [6.45, 7) is 0.293. The summed E-state index contributed by atoms with van der Waals surface area (Å²) in [7, 11) is -3.74. The molecule has 3 aromatic rings. The van der Waals surface area contributed by atoms with Crippen molar-refractivity contribution in [1.82, 2.24) is 10.3 Å². The van der Waals surface area contributed by atoms with Crippen molar-refractivity contribution >= 4 is 39.0 Å². The number of anilines is 2. The van der Waals surface area contributed by atoms with Crippen LogP contribution in [0.2, 0.25) is 5.02 Å². The summed E-state index contributed by atoms with van der Waals surface area (Å²) in [4.78, 5) is 5.66. The van der Waals surface area contributed by atoms with Gasteiger partial charge >= 0.3 is 0 Å². The molecule has 0 aliphatic carbocycles. The first-order valence-corrected chi connectivity index (χ1v) is 10.5. The Kier molecular flexibility index (Phi) is 6.51. The van der Waals surface area contributed by atoms with E-state index in [1.165, 1.54) is 24.3 Å². The third-order valence-electron chi connectivity index (χ3n) is 4.09. The number of pyridine rings is 1. The molecular formula is C20H17ClN6O2S. The number of sulfonamides is 1. The Hall–Kier alpha value is -3.61. The Bertz CT molecular complexity index is 1160. The van der Waals surface area contributed by atoms with E-state index >= 15 is 0 Å². The molecule has 2 aromatic carbocycles. The van der Waals surface area contributed by atoms with Crippen molar-refractivity contribution in [2.45, 2.75) is 11.4 Å². The van der Waals surface area contributed by atoms with Gasteiger partial charge in [0.2, 0.25) is 5.96 Å². The van der Waals surface area contributed by atoms with E-state index in [1.54, 1.807) is 59.9 Å². The minimum Gasteiger partial charge on any atom is -0.308 e. The number of guanidine groups is 1. The van der Waals surface area contributed by atoms with Crippen LogP contribution in [0.4, 0.5) is 11.4 Å². The fourth-order valence-electron chi connectivity index (χ4n) is 2.63. The number of aromatic nitrogens is 1. The molecule has 3 rings (SSSR count). The zero-order chi connectivity index (χ0) is 21.6. The van der Waals surface area contributed by atoms with Crippen molar-refractivity contribution in [3.8, 4) is 6.19 Å². The number of nitriles is 1. The highest BCUT2D eigenvalue weighted by molar-refractivity contribution is 7.92. The van der Waals surface area contributed by atoms with E-state index < -0.39 is 10.0 Å². The average Bonchev–Trinajstić information content (AvgIpc) is 2.74. The van der Waals surface area contributed by atoms with Crippen LogP contribution in [0.1, 0.15) is 5.56 Å². The monoisotopic (exact) mass is 440 g/mol. The fourth-order valence-corrected chi connectivity index (χ4v) is 3.82. The molecule has 30 heavy (non-hydrogen) atoms. The van der Waals surface area contributed by atoms with E-state index in [2.05, 4.69) is 15.0 Å². The molecular weight excluding hydrogens is 424 g/mol. The maximum Gasteiger partial charge on any atom is 0.261 e. The van der Waals surface area contributed by atoms with Gasteiger partial charge in [0.25, 0.3) is 10.0 Å². The smallest absolute Gasteiger partial charge is 0.261 e. The molecule has 0 atom stereocenters. The quantitative estimate of drug-likeness (QED) is 0.233.